The van der Waals surface area contributed by atoms with E-state index in [0.29, 0.717) is 0 Å². The van der Waals surface area contributed by atoms with Crippen molar-refractivity contribution in [1.29, 1.82) is 0 Å². The fourth-order valence-corrected chi connectivity index (χ4v) is 2.58. The van der Waals surface area contributed by atoms with Gasteiger partial charge in [-0.25, -0.2) is 0 Å². The summed E-state index contributed by atoms with van der Waals surface area (Å²) in [6.07, 6.45) is 0. The van der Waals surface area contributed by atoms with Crippen LogP contribution in [-0.4, -0.2) is 33.0 Å². The zero-order valence-corrected chi connectivity index (χ0v) is 9.79. The number of benzene rings is 1. The van der Waals surface area contributed by atoms with E-state index in [1.807, 2.05) is 38.4 Å². The van der Waals surface area contributed by atoms with E-state index in [2.05, 4.69) is 16.0 Å². The molecule has 0 aromatic heterocycles. The Morgan fingerprint density at radius 3 is 2.31 bits per heavy atom. The minimum absolute atomic E-state index is 0.127. The molecule has 0 aliphatic heterocycles. The largest absolute Gasteiger partial charge is 0.307 e. The maximum atomic E-state index is 12.2. The lowest BCUT2D eigenvalue weighted by molar-refractivity contribution is 0.0894. The van der Waals surface area contributed by atoms with Gasteiger partial charge in [-0.15, -0.1) is 0 Å². The van der Waals surface area contributed by atoms with Crippen LogP contribution >= 0.6 is 0 Å². The van der Waals surface area contributed by atoms with E-state index in [-0.39, 0.29) is 11.8 Å². The Morgan fingerprint density at radius 1 is 1.12 bits per heavy atom. The van der Waals surface area contributed by atoms with Crippen LogP contribution in [0.1, 0.15) is 15.9 Å². The zero-order chi connectivity index (χ0) is 11.8. The van der Waals surface area contributed by atoms with Gasteiger partial charge in [0.25, 0.3) is 0 Å². The quantitative estimate of drug-likeness (QED) is 0.629. The van der Waals surface area contributed by atoms with Gasteiger partial charge < -0.3 is 5.32 Å². The van der Waals surface area contributed by atoms with Gasteiger partial charge in [0.15, 0.2) is 5.78 Å². The number of Topliss-reactive ketones (excluding diaryl/α,β-unsaturated/α-hetero) is 1. The summed E-state index contributed by atoms with van der Waals surface area (Å²) in [6, 6.07) is 7.42. The molecule has 0 amide bonds. The zero-order valence-electron chi connectivity index (χ0n) is 9.79. The molecule has 0 saturated heterocycles. The van der Waals surface area contributed by atoms with Crippen LogP contribution in [0.4, 0.5) is 0 Å². The van der Waals surface area contributed by atoms with Crippen LogP contribution in [0.25, 0.3) is 0 Å². The topological polar surface area (TPSA) is 53.2 Å². The van der Waals surface area contributed by atoms with Crippen molar-refractivity contribution >= 4 is 5.78 Å². The lowest BCUT2D eigenvalue weighted by Crippen LogP contribution is -2.62. The Labute approximate surface area is 95.4 Å². The van der Waals surface area contributed by atoms with Crippen molar-refractivity contribution < 1.29 is 4.79 Å². The summed E-state index contributed by atoms with van der Waals surface area (Å²) in [6.45, 7) is 0. The Balaban J connectivity index is 2.63. The summed E-state index contributed by atoms with van der Waals surface area (Å²) in [4.78, 5) is 12.2. The molecular formula is C12H17N3O. The molecule has 0 bridgehead atoms. The summed E-state index contributed by atoms with van der Waals surface area (Å²) < 4.78 is 0. The van der Waals surface area contributed by atoms with Crippen LogP contribution in [0.2, 0.25) is 0 Å². The highest BCUT2D eigenvalue weighted by molar-refractivity contribution is 6.06. The Kier molecular flexibility index (Phi) is 2.80. The molecule has 1 unspecified atom stereocenters. The van der Waals surface area contributed by atoms with Gasteiger partial charge in [0.05, 0.1) is 0 Å². The van der Waals surface area contributed by atoms with Gasteiger partial charge in [0.2, 0.25) is 0 Å². The first kappa shape index (κ1) is 11.3. The van der Waals surface area contributed by atoms with E-state index in [9.17, 15) is 4.79 Å². The van der Waals surface area contributed by atoms with E-state index in [1.165, 1.54) is 0 Å². The summed E-state index contributed by atoms with van der Waals surface area (Å²) in [5.41, 5.74) is 1.28. The van der Waals surface area contributed by atoms with Crippen LogP contribution in [0.3, 0.4) is 0 Å². The predicted octanol–water partition coefficient (Wildman–Crippen LogP) is 0.0625. The lowest BCUT2D eigenvalue weighted by Gasteiger charge is -2.34. The Bertz CT molecular complexity index is 412. The number of rotatable bonds is 3. The number of carbonyl (C=O) groups is 1. The molecule has 1 aliphatic carbocycles. The van der Waals surface area contributed by atoms with Crippen LogP contribution in [0.5, 0.6) is 0 Å². The summed E-state index contributed by atoms with van der Waals surface area (Å²) in [7, 11) is 5.52. The first-order valence-corrected chi connectivity index (χ1v) is 5.40. The third-order valence-corrected chi connectivity index (χ3v) is 3.39. The Morgan fingerprint density at radius 2 is 1.75 bits per heavy atom. The SMILES string of the molecule is CNC1C(=O)c2ccccc2C1(NC)NC. The molecule has 86 valence electrons. The molecule has 1 aliphatic rings. The molecule has 1 aromatic rings. The third kappa shape index (κ3) is 1.24. The molecule has 2 rings (SSSR count). The number of likely N-dealkylation sites (N-methyl/N-ethyl adjacent to an activating group) is 3. The number of carbonyl (C=O) groups excluding carboxylic acids is 1. The van der Waals surface area contributed by atoms with Gasteiger partial charge in [-0.05, 0) is 26.7 Å². The van der Waals surface area contributed by atoms with Crippen molar-refractivity contribution in [3.8, 4) is 0 Å². The predicted molar refractivity (Wildman–Crippen MR) is 63.4 cm³/mol. The fourth-order valence-electron chi connectivity index (χ4n) is 2.58. The van der Waals surface area contributed by atoms with Gasteiger partial charge in [-0.2, -0.15) is 0 Å². The molecular weight excluding hydrogens is 202 g/mol. The molecule has 16 heavy (non-hydrogen) atoms. The number of hydrogen-bond donors (Lipinski definition) is 3. The number of ketones is 1. The molecule has 0 fully saturated rings. The first-order chi connectivity index (χ1) is 7.71. The molecule has 0 saturated carbocycles. The standard InChI is InChI=1S/C12H17N3O/c1-13-11-10(16)8-6-4-5-7-9(8)12(11,14-2)15-3/h4-7,11,13-15H,1-3H3. The van der Waals surface area contributed by atoms with E-state index >= 15 is 0 Å². The minimum atomic E-state index is -0.511. The van der Waals surface area contributed by atoms with Gasteiger partial charge in [-0.1, -0.05) is 24.3 Å². The second kappa shape index (κ2) is 3.97. The lowest BCUT2D eigenvalue weighted by atomic mass is 9.98. The second-order valence-corrected chi connectivity index (χ2v) is 3.94. The maximum absolute atomic E-state index is 12.2. The van der Waals surface area contributed by atoms with Crippen molar-refractivity contribution in [2.75, 3.05) is 21.1 Å². The second-order valence-electron chi connectivity index (χ2n) is 3.94. The highest BCUT2D eigenvalue weighted by Crippen LogP contribution is 2.34. The summed E-state index contributed by atoms with van der Waals surface area (Å²) in [5.74, 6) is 0.127. The first-order valence-electron chi connectivity index (χ1n) is 5.40. The van der Waals surface area contributed by atoms with Crippen molar-refractivity contribution in [2.24, 2.45) is 0 Å². The minimum Gasteiger partial charge on any atom is -0.307 e. The van der Waals surface area contributed by atoms with Crippen molar-refractivity contribution in [1.82, 2.24) is 16.0 Å². The van der Waals surface area contributed by atoms with Crippen molar-refractivity contribution in [3.05, 3.63) is 35.4 Å². The third-order valence-electron chi connectivity index (χ3n) is 3.39. The van der Waals surface area contributed by atoms with Crippen LogP contribution in [-0.2, 0) is 5.66 Å². The molecule has 0 radical (unpaired) electrons. The van der Waals surface area contributed by atoms with Gasteiger partial charge >= 0.3 is 0 Å². The molecule has 3 N–H and O–H groups in total. The molecule has 4 heteroatoms. The van der Waals surface area contributed by atoms with Crippen LogP contribution < -0.4 is 16.0 Å². The van der Waals surface area contributed by atoms with Gasteiger partial charge in [0.1, 0.15) is 11.7 Å². The van der Waals surface area contributed by atoms with Crippen LogP contribution in [0.15, 0.2) is 24.3 Å². The van der Waals surface area contributed by atoms with E-state index in [1.54, 1.807) is 7.05 Å². The monoisotopic (exact) mass is 219 g/mol. The molecule has 1 aromatic carbocycles. The van der Waals surface area contributed by atoms with E-state index in [4.69, 9.17) is 0 Å². The number of hydrogen-bond acceptors (Lipinski definition) is 4. The summed E-state index contributed by atoms with van der Waals surface area (Å²) in [5, 5.41) is 9.52. The van der Waals surface area contributed by atoms with E-state index in [0.717, 1.165) is 11.1 Å². The number of fused-ring (bicyclic) bond motifs is 1. The van der Waals surface area contributed by atoms with Crippen LogP contribution in [0, 0.1) is 0 Å². The Hall–Kier alpha value is -1.23. The van der Waals surface area contributed by atoms with E-state index < -0.39 is 5.66 Å². The van der Waals surface area contributed by atoms with Crippen molar-refractivity contribution in [3.63, 3.8) is 0 Å². The van der Waals surface area contributed by atoms with Gasteiger partial charge in [-0.3, -0.25) is 15.4 Å². The fraction of sp³-hybridized carbons (Fsp3) is 0.417. The average molecular weight is 219 g/mol. The normalized spacial score (nSPS) is 22.2. The average Bonchev–Trinajstić information content (AvgIpc) is 2.59. The van der Waals surface area contributed by atoms with Gasteiger partial charge in [0, 0.05) is 5.56 Å². The molecule has 1 atom stereocenters. The maximum Gasteiger partial charge on any atom is 0.183 e. The smallest absolute Gasteiger partial charge is 0.183 e. The van der Waals surface area contributed by atoms with Crippen molar-refractivity contribution in [2.45, 2.75) is 11.7 Å². The highest BCUT2D eigenvalue weighted by atomic mass is 16.1. The molecule has 0 heterocycles. The highest BCUT2D eigenvalue weighted by Gasteiger charge is 2.49. The molecule has 0 spiro atoms. The summed E-state index contributed by atoms with van der Waals surface area (Å²) >= 11 is 0. The number of nitrogens with one attached hydrogen (secondary N) is 3. The molecule has 4 nitrogen and oxygen atoms in total.